The average Bonchev–Trinajstić information content (AvgIpc) is 2.77. The third-order valence-corrected chi connectivity index (χ3v) is 6.60. The molecule has 3 N–H and O–H groups in total. The molecular weight excluding hydrogens is 406 g/mol. The fourth-order valence-electron chi connectivity index (χ4n) is 3.22. The molecule has 0 spiro atoms. The number of hydrogen-bond donors (Lipinski definition) is 3. The lowest BCUT2D eigenvalue weighted by Gasteiger charge is -2.37. The maximum absolute atomic E-state index is 13.1. The Hall–Kier alpha value is -2.90. The smallest absolute Gasteiger partial charge is 0.263 e. The highest BCUT2D eigenvalue weighted by atomic mass is 32.2. The third-order valence-electron chi connectivity index (χ3n) is 4.71. The number of hydroxylamine groups is 1. The van der Waals surface area contributed by atoms with E-state index in [9.17, 15) is 13.2 Å². The van der Waals surface area contributed by atoms with Gasteiger partial charge in [-0.05, 0) is 43.3 Å². The van der Waals surface area contributed by atoms with Crippen LogP contribution in [0.2, 0.25) is 0 Å². The lowest BCUT2D eigenvalue weighted by atomic mass is 10.1. The van der Waals surface area contributed by atoms with Crippen LogP contribution in [-0.4, -0.2) is 55.6 Å². The molecule has 3 rings (SSSR count). The van der Waals surface area contributed by atoms with Crippen molar-refractivity contribution in [1.82, 2.24) is 15.1 Å². The summed E-state index contributed by atoms with van der Waals surface area (Å²) in [5, 5.41) is 12.0. The number of benzene rings is 2. The standard InChI is InChI=1S/C21H23N3O5S/c1-16-20(21(25)23-26)24(14-13-22-16)30(27,28)19-11-9-18(10-12-19)29-15-5-8-17-6-3-2-4-7-17/h2-4,6-7,9-12,16,20,22,26H,13-15H2,1H3,(H,23,25). The van der Waals surface area contributed by atoms with Crippen molar-refractivity contribution in [2.45, 2.75) is 23.9 Å². The number of sulfonamides is 1. The van der Waals surface area contributed by atoms with E-state index in [4.69, 9.17) is 9.94 Å². The Morgan fingerprint density at radius 3 is 2.60 bits per heavy atom. The molecule has 1 heterocycles. The van der Waals surface area contributed by atoms with Gasteiger partial charge in [0.25, 0.3) is 5.91 Å². The van der Waals surface area contributed by atoms with Crippen LogP contribution < -0.4 is 15.5 Å². The van der Waals surface area contributed by atoms with E-state index >= 15 is 0 Å². The maximum atomic E-state index is 13.1. The van der Waals surface area contributed by atoms with Crippen LogP contribution in [0.25, 0.3) is 0 Å². The molecule has 2 aromatic carbocycles. The number of carbonyl (C=O) groups excluding carboxylic acids is 1. The van der Waals surface area contributed by atoms with Crippen molar-refractivity contribution in [3.8, 4) is 17.6 Å². The third kappa shape index (κ3) is 4.98. The van der Waals surface area contributed by atoms with Crippen LogP contribution in [0.4, 0.5) is 0 Å². The molecule has 0 bridgehead atoms. The van der Waals surface area contributed by atoms with Crippen LogP contribution in [0.5, 0.6) is 5.75 Å². The first-order chi connectivity index (χ1) is 14.4. The summed E-state index contributed by atoms with van der Waals surface area (Å²) in [6.07, 6.45) is 0. The zero-order valence-electron chi connectivity index (χ0n) is 16.4. The minimum atomic E-state index is -3.94. The molecule has 2 aromatic rings. The Labute approximate surface area is 175 Å². The highest BCUT2D eigenvalue weighted by molar-refractivity contribution is 7.89. The van der Waals surface area contributed by atoms with Crippen molar-refractivity contribution >= 4 is 15.9 Å². The summed E-state index contributed by atoms with van der Waals surface area (Å²) >= 11 is 0. The van der Waals surface area contributed by atoms with E-state index in [0.29, 0.717) is 12.3 Å². The Kier molecular flexibility index (Phi) is 7.07. The van der Waals surface area contributed by atoms with Gasteiger partial charge in [0.2, 0.25) is 10.0 Å². The molecule has 8 nitrogen and oxygen atoms in total. The van der Waals surface area contributed by atoms with Gasteiger partial charge in [-0.3, -0.25) is 10.0 Å². The van der Waals surface area contributed by atoms with Gasteiger partial charge in [0, 0.05) is 24.7 Å². The number of hydrogen-bond acceptors (Lipinski definition) is 6. The van der Waals surface area contributed by atoms with Gasteiger partial charge in [0.1, 0.15) is 18.4 Å². The number of ether oxygens (including phenoxy) is 1. The molecule has 1 aliphatic rings. The Balaban J connectivity index is 1.70. The highest BCUT2D eigenvalue weighted by Gasteiger charge is 2.41. The van der Waals surface area contributed by atoms with Gasteiger partial charge in [-0.15, -0.1) is 0 Å². The molecule has 0 aromatic heterocycles. The van der Waals surface area contributed by atoms with Crippen molar-refractivity contribution in [3.05, 3.63) is 60.2 Å². The lowest BCUT2D eigenvalue weighted by Crippen LogP contribution is -2.63. The first-order valence-electron chi connectivity index (χ1n) is 9.39. The summed E-state index contributed by atoms with van der Waals surface area (Å²) in [6.45, 7) is 2.36. The van der Waals surface area contributed by atoms with Gasteiger partial charge >= 0.3 is 0 Å². The van der Waals surface area contributed by atoms with Crippen LogP contribution in [0.1, 0.15) is 12.5 Å². The van der Waals surface area contributed by atoms with Crippen molar-refractivity contribution in [2.75, 3.05) is 19.7 Å². The summed E-state index contributed by atoms with van der Waals surface area (Å²) in [5.74, 6) is 5.58. The first-order valence-corrected chi connectivity index (χ1v) is 10.8. The fourth-order valence-corrected chi connectivity index (χ4v) is 4.88. The molecule has 9 heteroatoms. The molecule has 1 aliphatic heterocycles. The SMILES string of the molecule is CC1NCCN(S(=O)(=O)c2ccc(OCC#Cc3ccccc3)cc2)C1C(=O)NO. The van der Waals surface area contributed by atoms with Crippen LogP contribution >= 0.6 is 0 Å². The van der Waals surface area contributed by atoms with Crippen molar-refractivity contribution in [3.63, 3.8) is 0 Å². The van der Waals surface area contributed by atoms with Gasteiger partial charge < -0.3 is 10.1 Å². The molecule has 1 amide bonds. The second kappa shape index (κ2) is 9.73. The second-order valence-corrected chi connectivity index (χ2v) is 8.60. The predicted octanol–water partition coefficient (Wildman–Crippen LogP) is 0.973. The number of carbonyl (C=O) groups is 1. The molecular formula is C21H23N3O5S. The monoisotopic (exact) mass is 429 g/mol. The molecule has 1 saturated heterocycles. The largest absolute Gasteiger partial charge is 0.481 e. The van der Waals surface area contributed by atoms with Crippen LogP contribution in [-0.2, 0) is 14.8 Å². The van der Waals surface area contributed by atoms with E-state index in [1.807, 2.05) is 30.3 Å². The number of piperazine rings is 1. The first kappa shape index (κ1) is 21.8. The van der Waals surface area contributed by atoms with E-state index in [1.54, 1.807) is 24.5 Å². The highest BCUT2D eigenvalue weighted by Crippen LogP contribution is 2.24. The van der Waals surface area contributed by atoms with Gasteiger partial charge in [-0.2, -0.15) is 4.31 Å². The van der Waals surface area contributed by atoms with E-state index in [1.165, 1.54) is 12.1 Å². The quantitative estimate of drug-likeness (QED) is 0.371. The van der Waals surface area contributed by atoms with Gasteiger partial charge in [-0.25, -0.2) is 13.9 Å². The molecule has 2 atom stereocenters. The Morgan fingerprint density at radius 2 is 1.93 bits per heavy atom. The van der Waals surface area contributed by atoms with Crippen LogP contribution in [0, 0.1) is 11.8 Å². The molecule has 1 fully saturated rings. The molecule has 158 valence electrons. The van der Waals surface area contributed by atoms with E-state index in [2.05, 4.69) is 17.2 Å². The fraction of sp³-hybridized carbons (Fsp3) is 0.286. The molecule has 0 radical (unpaired) electrons. The summed E-state index contributed by atoms with van der Waals surface area (Å²) in [6, 6.07) is 13.9. The van der Waals surface area contributed by atoms with Gasteiger partial charge in [-0.1, -0.05) is 30.0 Å². The molecule has 30 heavy (non-hydrogen) atoms. The van der Waals surface area contributed by atoms with Crippen molar-refractivity contribution in [1.29, 1.82) is 0 Å². The summed E-state index contributed by atoms with van der Waals surface area (Å²) in [5.41, 5.74) is 2.43. The predicted molar refractivity (Wildman–Crippen MR) is 110 cm³/mol. The van der Waals surface area contributed by atoms with Crippen LogP contribution in [0.3, 0.4) is 0 Å². The summed E-state index contributed by atoms with van der Waals surface area (Å²) in [7, 11) is -3.94. The average molecular weight is 429 g/mol. The normalized spacial score (nSPS) is 19.4. The minimum absolute atomic E-state index is 0.0371. The van der Waals surface area contributed by atoms with Crippen molar-refractivity contribution in [2.24, 2.45) is 0 Å². The number of rotatable bonds is 5. The van der Waals surface area contributed by atoms with Crippen molar-refractivity contribution < 1.29 is 23.2 Å². The van der Waals surface area contributed by atoms with E-state index in [-0.39, 0.29) is 18.0 Å². The minimum Gasteiger partial charge on any atom is -0.481 e. The number of nitrogens with one attached hydrogen (secondary N) is 2. The summed E-state index contributed by atoms with van der Waals surface area (Å²) in [4.78, 5) is 12.1. The molecule has 0 aliphatic carbocycles. The Morgan fingerprint density at radius 1 is 1.23 bits per heavy atom. The molecule has 0 saturated carbocycles. The zero-order chi connectivity index (χ0) is 21.6. The molecule has 2 unspecified atom stereocenters. The zero-order valence-corrected chi connectivity index (χ0v) is 17.2. The lowest BCUT2D eigenvalue weighted by molar-refractivity contribution is -0.134. The number of nitrogens with zero attached hydrogens (tertiary/aromatic N) is 1. The maximum Gasteiger partial charge on any atom is 0.263 e. The number of amides is 1. The second-order valence-electron chi connectivity index (χ2n) is 6.71. The van der Waals surface area contributed by atoms with E-state index < -0.39 is 28.0 Å². The van der Waals surface area contributed by atoms with Gasteiger partial charge in [0.15, 0.2) is 0 Å². The topological polar surface area (TPSA) is 108 Å². The van der Waals surface area contributed by atoms with Gasteiger partial charge in [0.05, 0.1) is 4.90 Å². The Bertz CT molecular complexity index is 1030. The summed E-state index contributed by atoms with van der Waals surface area (Å²) < 4.78 is 32.8. The van der Waals surface area contributed by atoms with Crippen LogP contribution in [0.15, 0.2) is 59.5 Å². The van der Waals surface area contributed by atoms with E-state index in [0.717, 1.165) is 9.87 Å².